The van der Waals surface area contributed by atoms with E-state index in [1.165, 1.54) is 12.1 Å². The van der Waals surface area contributed by atoms with Gasteiger partial charge in [0.15, 0.2) is 5.78 Å². The summed E-state index contributed by atoms with van der Waals surface area (Å²) < 4.78 is 40.3. The van der Waals surface area contributed by atoms with E-state index in [9.17, 15) is 22.8 Å². The first kappa shape index (κ1) is 24.6. The topological polar surface area (TPSA) is 97.0 Å². The van der Waals surface area contributed by atoms with Crippen molar-refractivity contribution in [2.75, 3.05) is 18.0 Å². The smallest absolute Gasteiger partial charge is 0.371 e. The van der Waals surface area contributed by atoms with Crippen molar-refractivity contribution >= 4 is 28.3 Å². The summed E-state index contributed by atoms with van der Waals surface area (Å²) in [5, 5.41) is 5.07. The molecule has 3 heterocycles. The number of aryl methyl sites for hydroxylation is 1. The average Bonchev–Trinajstić information content (AvgIpc) is 3.49. The Morgan fingerprint density at radius 1 is 1.16 bits per heavy atom. The number of H-pyrrole nitrogens is 1. The van der Waals surface area contributed by atoms with Gasteiger partial charge in [-0.05, 0) is 49.1 Å². The van der Waals surface area contributed by atoms with Gasteiger partial charge in [0.1, 0.15) is 0 Å². The number of nitrogens with two attached hydrogens (primary N) is 1. The SMILES string of the molecule is Cn1cc(-c2cc3c(N4CCC[C@@H](CC(=O)c5ccc(C(F)(F)F)cc5)C4)ccc(C(N)=O)c3[nH]2)cn1. The molecule has 1 atom stereocenters. The van der Waals surface area contributed by atoms with E-state index in [0.717, 1.165) is 53.9 Å². The lowest BCUT2D eigenvalue weighted by molar-refractivity contribution is -0.137. The monoisotopic (exact) mass is 509 g/mol. The molecule has 0 aliphatic carbocycles. The summed E-state index contributed by atoms with van der Waals surface area (Å²) in [4.78, 5) is 30.5. The molecule has 192 valence electrons. The number of aromatic nitrogens is 3. The minimum absolute atomic E-state index is 0.0474. The Morgan fingerprint density at radius 2 is 1.92 bits per heavy atom. The van der Waals surface area contributed by atoms with Crippen LogP contribution in [-0.4, -0.2) is 39.5 Å². The number of hydrogen-bond donors (Lipinski definition) is 2. The second-order valence-electron chi connectivity index (χ2n) is 9.53. The van der Waals surface area contributed by atoms with Gasteiger partial charge < -0.3 is 15.6 Å². The molecule has 37 heavy (non-hydrogen) atoms. The molecule has 0 unspecified atom stereocenters. The molecular formula is C27H26F3N5O2. The molecule has 10 heteroatoms. The molecule has 0 spiro atoms. The molecule has 1 amide bonds. The summed E-state index contributed by atoms with van der Waals surface area (Å²) in [7, 11) is 1.83. The summed E-state index contributed by atoms with van der Waals surface area (Å²) in [6.45, 7) is 1.40. The third kappa shape index (κ3) is 4.96. The van der Waals surface area contributed by atoms with E-state index in [2.05, 4.69) is 15.0 Å². The van der Waals surface area contributed by atoms with Crippen LogP contribution in [-0.2, 0) is 13.2 Å². The van der Waals surface area contributed by atoms with Gasteiger partial charge in [-0.15, -0.1) is 0 Å². The molecule has 3 N–H and O–H groups in total. The largest absolute Gasteiger partial charge is 0.416 e. The number of benzene rings is 2. The van der Waals surface area contributed by atoms with E-state index < -0.39 is 17.6 Å². The first-order chi connectivity index (χ1) is 17.6. The number of carbonyl (C=O) groups is 2. The first-order valence-electron chi connectivity index (χ1n) is 12.0. The Hall–Kier alpha value is -4.08. The van der Waals surface area contributed by atoms with Crippen LogP contribution in [0.25, 0.3) is 22.2 Å². The number of hydrogen-bond acceptors (Lipinski definition) is 4. The fourth-order valence-corrected chi connectivity index (χ4v) is 5.08. The highest BCUT2D eigenvalue weighted by Gasteiger charge is 2.31. The number of nitrogens with one attached hydrogen (secondary N) is 1. The molecule has 7 nitrogen and oxygen atoms in total. The summed E-state index contributed by atoms with van der Waals surface area (Å²) in [5.74, 6) is -0.656. The van der Waals surface area contributed by atoms with E-state index in [-0.39, 0.29) is 23.7 Å². The van der Waals surface area contributed by atoms with Crippen molar-refractivity contribution in [2.24, 2.45) is 18.7 Å². The molecular weight excluding hydrogens is 483 g/mol. The van der Waals surface area contributed by atoms with E-state index in [4.69, 9.17) is 5.73 Å². The number of amides is 1. The minimum atomic E-state index is -4.43. The Kier molecular flexibility index (Phi) is 6.26. The number of carbonyl (C=O) groups excluding carboxylic acids is 2. The maximum absolute atomic E-state index is 12.9. The van der Waals surface area contributed by atoms with Crippen molar-refractivity contribution < 1.29 is 22.8 Å². The van der Waals surface area contributed by atoms with Gasteiger partial charge in [-0.3, -0.25) is 14.3 Å². The number of piperidine rings is 1. The van der Waals surface area contributed by atoms with Crippen molar-refractivity contribution in [3.8, 4) is 11.3 Å². The Balaban J connectivity index is 1.39. The standard InChI is InChI=1S/C27H26F3N5O2/c1-34-15-18(13-32-34)22-12-21-23(9-8-20(26(31)37)25(21)33-22)35-10-2-3-16(14-35)11-24(36)17-4-6-19(7-5-17)27(28,29)30/h4-9,12-13,15-16,33H,2-3,10-11,14H2,1H3,(H2,31,37)/t16-/m0/s1. The number of alkyl halides is 3. The fourth-order valence-electron chi connectivity index (χ4n) is 5.08. The molecule has 1 saturated heterocycles. The number of anilines is 1. The number of nitrogens with zero attached hydrogens (tertiary/aromatic N) is 3. The summed E-state index contributed by atoms with van der Waals surface area (Å²) in [5.41, 5.74) is 8.80. The van der Waals surface area contributed by atoms with Gasteiger partial charge in [0.2, 0.25) is 0 Å². The molecule has 4 aromatic rings. The maximum Gasteiger partial charge on any atom is 0.416 e. The lowest BCUT2D eigenvalue weighted by atomic mass is 9.90. The Labute approximate surface area is 211 Å². The maximum atomic E-state index is 12.9. The van der Waals surface area contributed by atoms with Gasteiger partial charge >= 0.3 is 6.18 Å². The highest BCUT2D eigenvalue weighted by molar-refractivity contribution is 6.10. The van der Waals surface area contributed by atoms with Crippen LogP contribution < -0.4 is 10.6 Å². The lowest BCUT2D eigenvalue weighted by Crippen LogP contribution is -2.36. The van der Waals surface area contributed by atoms with Crippen molar-refractivity contribution in [1.29, 1.82) is 0 Å². The predicted molar refractivity (Wildman–Crippen MR) is 134 cm³/mol. The van der Waals surface area contributed by atoms with E-state index in [1.54, 1.807) is 16.9 Å². The highest BCUT2D eigenvalue weighted by Crippen LogP contribution is 2.36. The normalized spacial score (nSPS) is 16.3. The first-order valence-corrected chi connectivity index (χ1v) is 12.0. The minimum Gasteiger partial charge on any atom is -0.371 e. The van der Waals surface area contributed by atoms with Crippen LogP contribution in [0.2, 0.25) is 0 Å². The second-order valence-corrected chi connectivity index (χ2v) is 9.53. The third-order valence-corrected chi connectivity index (χ3v) is 6.92. The van der Waals surface area contributed by atoms with Crippen molar-refractivity contribution in [3.05, 3.63) is 71.5 Å². The van der Waals surface area contributed by atoms with Crippen LogP contribution in [0.5, 0.6) is 0 Å². The molecule has 1 aliphatic rings. The van der Waals surface area contributed by atoms with E-state index in [0.29, 0.717) is 17.6 Å². The van der Waals surface area contributed by atoms with Crippen molar-refractivity contribution in [1.82, 2.24) is 14.8 Å². The molecule has 1 aliphatic heterocycles. The quantitative estimate of drug-likeness (QED) is 0.350. The predicted octanol–water partition coefficient (Wildman–Crippen LogP) is 5.18. The van der Waals surface area contributed by atoms with Gasteiger partial charge in [-0.2, -0.15) is 18.3 Å². The molecule has 2 aromatic carbocycles. The Bertz CT molecular complexity index is 1470. The summed E-state index contributed by atoms with van der Waals surface area (Å²) in [6.07, 6.45) is 1.13. The molecule has 1 fully saturated rings. The molecule has 0 bridgehead atoms. The number of rotatable bonds is 6. The fraction of sp³-hybridized carbons (Fsp3) is 0.296. The number of halogens is 3. The third-order valence-electron chi connectivity index (χ3n) is 6.92. The zero-order valence-corrected chi connectivity index (χ0v) is 20.2. The van der Waals surface area contributed by atoms with Crippen LogP contribution in [0.15, 0.2) is 54.9 Å². The van der Waals surface area contributed by atoms with Crippen LogP contribution in [0, 0.1) is 5.92 Å². The van der Waals surface area contributed by atoms with Gasteiger partial charge in [0.25, 0.3) is 5.91 Å². The molecule has 5 rings (SSSR count). The highest BCUT2D eigenvalue weighted by atomic mass is 19.4. The van der Waals surface area contributed by atoms with Crippen molar-refractivity contribution in [2.45, 2.75) is 25.4 Å². The van der Waals surface area contributed by atoms with Gasteiger partial charge in [-0.25, -0.2) is 0 Å². The number of Topliss-reactive ketones (excluding diaryl/α,β-unsaturated/α-hetero) is 1. The van der Waals surface area contributed by atoms with E-state index in [1.807, 2.05) is 25.4 Å². The van der Waals surface area contributed by atoms with E-state index >= 15 is 0 Å². The number of primary amides is 1. The van der Waals surface area contributed by atoms with Gasteiger partial charge in [0.05, 0.1) is 22.8 Å². The summed E-state index contributed by atoms with van der Waals surface area (Å²) >= 11 is 0. The number of ketones is 1. The zero-order chi connectivity index (χ0) is 26.3. The number of aromatic amines is 1. The zero-order valence-electron chi connectivity index (χ0n) is 20.2. The average molecular weight is 510 g/mol. The Morgan fingerprint density at radius 3 is 2.57 bits per heavy atom. The van der Waals surface area contributed by atoms with Gasteiger partial charge in [0, 0.05) is 60.6 Å². The molecule has 0 saturated carbocycles. The van der Waals surface area contributed by atoms with Crippen LogP contribution in [0.1, 0.15) is 45.5 Å². The van der Waals surface area contributed by atoms with Crippen LogP contribution >= 0.6 is 0 Å². The van der Waals surface area contributed by atoms with Crippen molar-refractivity contribution in [3.63, 3.8) is 0 Å². The number of fused-ring (bicyclic) bond motifs is 1. The summed E-state index contributed by atoms with van der Waals surface area (Å²) in [6, 6.07) is 9.95. The van der Waals surface area contributed by atoms with Crippen LogP contribution in [0.4, 0.5) is 18.9 Å². The van der Waals surface area contributed by atoms with Crippen LogP contribution in [0.3, 0.4) is 0 Å². The lowest BCUT2D eigenvalue weighted by Gasteiger charge is -2.34. The second kappa shape index (κ2) is 9.42. The molecule has 2 aromatic heterocycles. The molecule has 0 radical (unpaired) electrons. The van der Waals surface area contributed by atoms with Gasteiger partial charge in [-0.1, -0.05) is 12.1 Å².